The van der Waals surface area contributed by atoms with Crippen LogP contribution in [0.15, 0.2) is 78.4 Å². The molecule has 0 bridgehead atoms. The van der Waals surface area contributed by atoms with Crippen LogP contribution in [0.2, 0.25) is 0 Å². The Morgan fingerprint density at radius 2 is 1.59 bits per heavy atom. The maximum atomic E-state index is 15.1. The van der Waals surface area contributed by atoms with Gasteiger partial charge in [0.25, 0.3) is 0 Å². The van der Waals surface area contributed by atoms with Crippen molar-refractivity contribution >= 4 is 69.5 Å². The highest BCUT2D eigenvalue weighted by Gasteiger charge is 2.45. The molecule has 0 saturated carbocycles. The number of aromatic amines is 1. The molecule has 8 amide bonds. The number of rotatable bonds is 10. The van der Waals surface area contributed by atoms with Crippen molar-refractivity contribution in [3.05, 3.63) is 84.0 Å². The van der Waals surface area contributed by atoms with Crippen LogP contribution in [0.25, 0.3) is 32.6 Å². The Bertz CT molecular complexity index is 2700. The SMILES string of the molecule is CC[C@H](C)[C@@H]1NC(=O)[C@H](CC(N)=O)NC(=O)[C@@H](N)CC(=O)NCCCC[C@@H](C(N)=O)NC(=O)[C@H](Cc2c[nH]c3ccccc23)NC(=O)[C@@H]2CC(n3cc(-c4ccc(-c5cccs5)cc4)nn3)CN2C1=O. The minimum Gasteiger partial charge on any atom is -0.370 e. The average molecular weight is 978 g/mol. The number of fused-ring (bicyclic) bond motifs is 2. The predicted octanol–water partition coefficient (Wildman–Crippen LogP) is 0.903. The molecule has 5 aromatic rings. The van der Waals surface area contributed by atoms with E-state index in [1.54, 1.807) is 42.3 Å². The van der Waals surface area contributed by atoms with Crippen LogP contribution in [0.5, 0.6) is 0 Å². The molecule has 21 nitrogen and oxygen atoms in total. The zero-order chi connectivity index (χ0) is 50.1. The Hall–Kier alpha value is -7.46. The number of nitrogens with zero attached hydrogens (tertiary/aromatic N) is 4. The van der Waals surface area contributed by atoms with E-state index in [-0.39, 0.29) is 32.4 Å². The molecular weight excluding hydrogens is 919 g/mol. The largest absolute Gasteiger partial charge is 0.370 e. The molecule has 1 unspecified atom stereocenters. The third-order valence-electron chi connectivity index (χ3n) is 12.9. The van der Waals surface area contributed by atoms with E-state index < -0.39 is 108 Å². The van der Waals surface area contributed by atoms with Crippen molar-refractivity contribution in [2.45, 2.75) is 108 Å². The van der Waals surface area contributed by atoms with Gasteiger partial charge in [0.1, 0.15) is 35.9 Å². The molecule has 0 aliphatic carbocycles. The monoisotopic (exact) mass is 977 g/mol. The van der Waals surface area contributed by atoms with Gasteiger partial charge < -0.3 is 53.7 Å². The third-order valence-corrected chi connectivity index (χ3v) is 13.8. The number of nitrogens with one attached hydrogen (secondary N) is 6. The van der Waals surface area contributed by atoms with Gasteiger partial charge in [-0.1, -0.05) is 74.0 Å². The van der Waals surface area contributed by atoms with Crippen molar-refractivity contribution in [1.29, 1.82) is 0 Å². The molecule has 8 atom stereocenters. The molecule has 70 heavy (non-hydrogen) atoms. The molecule has 5 heterocycles. The van der Waals surface area contributed by atoms with Gasteiger partial charge in [-0.2, -0.15) is 0 Å². The molecule has 2 fully saturated rings. The fourth-order valence-electron chi connectivity index (χ4n) is 8.76. The zero-order valence-corrected chi connectivity index (χ0v) is 39.7. The number of hydrogen-bond acceptors (Lipinski definition) is 12. The highest BCUT2D eigenvalue weighted by atomic mass is 32.1. The van der Waals surface area contributed by atoms with Crippen LogP contribution in [-0.2, 0) is 44.8 Å². The van der Waals surface area contributed by atoms with E-state index in [2.05, 4.69) is 41.9 Å². The van der Waals surface area contributed by atoms with Gasteiger partial charge in [-0.3, -0.25) is 38.4 Å². The molecule has 2 saturated heterocycles. The molecule has 370 valence electrons. The van der Waals surface area contributed by atoms with E-state index in [0.29, 0.717) is 30.5 Å². The number of primary amides is 2. The fraction of sp³-hybridized carbons (Fsp3) is 0.417. The van der Waals surface area contributed by atoms with Crippen LogP contribution >= 0.6 is 11.3 Å². The van der Waals surface area contributed by atoms with Crippen molar-refractivity contribution in [3.63, 3.8) is 0 Å². The van der Waals surface area contributed by atoms with Crippen LogP contribution in [0.4, 0.5) is 0 Å². The second kappa shape index (κ2) is 22.8. The fourth-order valence-corrected chi connectivity index (χ4v) is 9.49. The molecule has 3 aromatic heterocycles. The number of carbonyl (C=O) groups is 8. The maximum absolute atomic E-state index is 15.1. The van der Waals surface area contributed by atoms with Gasteiger partial charge in [0.2, 0.25) is 47.3 Å². The van der Waals surface area contributed by atoms with Gasteiger partial charge in [0, 0.05) is 53.5 Å². The highest BCUT2D eigenvalue weighted by molar-refractivity contribution is 7.13. The number of carbonyl (C=O) groups excluding carboxylic acids is 8. The summed E-state index contributed by atoms with van der Waals surface area (Å²) in [5, 5.41) is 25.1. The summed E-state index contributed by atoms with van der Waals surface area (Å²) < 4.78 is 1.58. The van der Waals surface area contributed by atoms with Crippen molar-refractivity contribution in [2.24, 2.45) is 23.1 Å². The number of benzene rings is 2. The van der Waals surface area contributed by atoms with Crippen molar-refractivity contribution < 1.29 is 38.4 Å². The van der Waals surface area contributed by atoms with Crippen molar-refractivity contribution in [1.82, 2.24) is 51.5 Å². The van der Waals surface area contributed by atoms with E-state index in [1.165, 1.54) is 4.90 Å². The van der Waals surface area contributed by atoms with Crippen LogP contribution in [-0.4, -0.2) is 121 Å². The summed E-state index contributed by atoms with van der Waals surface area (Å²) in [6.45, 7) is 3.57. The zero-order valence-electron chi connectivity index (χ0n) is 38.9. The van der Waals surface area contributed by atoms with Gasteiger partial charge in [0.15, 0.2) is 0 Å². The van der Waals surface area contributed by atoms with E-state index in [1.807, 2.05) is 66.0 Å². The van der Waals surface area contributed by atoms with Crippen LogP contribution in [0, 0.1) is 5.92 Å². The van der Waals surface area contributed by atoms with E-state index in [0.717, 1.165) is 26.9 Å². The summed E-state index contributed by atoms with van der Waals surface area (Å²) in [5.41, 5.74) is 21.2. The number of aromatic nitrogens is 4. The van der Waals surface area contributed by atoms with E-state index in [4.69, 9.17) is 17.2 Å². The highest BCUT2D eigenvalue weighted by Crippen LogP contribution is 2.32. The minimum atomic E-state index is -1.58. The first-order chi connectivity index (χ1) is 33.6. The normalized spacial score (nSPS) is 24.2. The summed E-state index contributed by atoms with van der Waals surface area (Å²) in [6.07, 6.45) is 3.44. The minimum absolute atomic E-state index is 0.00913. The second-order valence-corrected chi connectivity index (χ2v) is 18.8. The second-order valence-electron chi connectivity index (χ2n) is 17.9. The van der Waals surface area contributed by atoms with Gasteiger partial charge >= 0.3 is 0 Å². The topological polar surface area (TPSA) is 325 Å². The smallest absolute Gasteiger partial charge is 0.246 e. The molecule has 2 aromatic carbocycles. The van der Waals surface area contributed by atoms with Gasteiger partial charge in [-0.05, 0) is 53.8 Å². The predicted molar refractivity (Wildman–Crippen MR) is 260 cm³/mol. The first kappa shape index (κ1) is 50.4. The van der Waals surface area contributed by atoms with Gasteiger partial charge in [-0.25, -0.2) is 4.68 Å². The lowest BCUT2D eigenvalue weighted by molar-refractivity contribution is -0.143. The van der Waals surface area contributed by atoms with Gasteiger partial charge in [-0.15, -0.1) is 16.4 Å². The van der Waals surface area contributed by atoms with Gasteiger partial charge in [0.05, 0.1) is 31.1 Å². The average Bonchev–Trinajstić information content (AvgIpc) is 4.19. The molecule has 0 spiro atoms. The number of hydrogen-bond donors (Lipinski definition) is 9. The molecular formula is C48H59N13O8S. The Morgan fingerprint density at radius 1 is 0.857 bits per heavy atom. The summed E-state index contributed by atoms with van der Waals surface area (Å²) in [6, 6.07) is 10.6. The third kappa shape index (κ3) is 12.2. The number of H-pyrrole nitrogens is 1. The molecule has 7 rings (SSSR count). The number of amides is 8. The quantitative estimate of drug-likeness (QED) is 0.0947. The number of thiophene rings is 1. The Labute approximate surface area is 407 Å². The Morgan fingerprint density at radius 3 is 2.30 bits per heavy atom. The molecule has 12 N–H and O–H groups in total. The van der Waals surface area contributed by atoms with E-state index >= 15 is 4.79 Å². The first-order valence-corrected chi connectivity index (χ1v) is 24.2. The molecule has 22 heteroatoms. The maximum Gasteiger partial charge on any atom is 0.246 e. The Balaban J connectivity index is 1.24. The molecule has 2 aliphatic heterocycles. The lowest BCUT2D eigenvalue weighted by Crippen LogP contribution is -2.60. The van der Waals surface area contributed by atoms with Crippen LogP contribution < -0.4 is 43.8 Å². The summed E-state index contributed by atoms with van der Waals surface area (Å²) in [7, 11) is 0. The Kier molecular flexibility index (Phi) is 16.4. The van der Waals surface area contributed by atoms with Crippen molar-refractivity contribution in [3.8, 4) is 21.7 Å². The summed E-state index contributed by atoms with van der Waals surface area (Å²) in [4.78, 5) is 115. The lowest BCUT2D eigenvalue weighted by atomic mass is 9.96. The number of para-hydroxylation sites is 1. The standard InChI is InChI=1S/C48H59N13O8S/c1-3-26(2)42-48(69)60-24-30(61-25-37(58-59-61)27-13-15-28(16-14-27)39-12-8-18-70-39)20-38(60)47(68)56-35(19-29-23-53-33-10-5-4-9-31(29)33)45(66)54-34(43(51)64)11-6-7-17-52-41(63)21-32(49)44(65)55-36(22-40(50)62)46(67)57-42/h4-5,8-10,12-16,18,23,25-26,30,32,34-36,38,42,53H,3,6-7,11,17,19-22,24,49H2,1-2H3,(H2,50,62)(H2,51,64)(H,52,63)(H,54,66)(H,55,65)(H,56,68)(H,57,67)/t26-,30?,32-,34-,35-,36-,38-,42-/m0/s1. The van der Waals surface area contributed by atoms with E-state index in [9.17, 15) is 33.6 Å². The lowest BCUT2D eigenvalue weighted by Gasteiger charge is -2.33. The number of nitrogens with two attached hydrogens (primary N) is 3. The summed E-state index contributed by atoms with van der Waals surface area (Å²) >= 11 is 1.62. The molecule has 2 aliphatic rings. The van der Waals surface area contributed by atoms with Crippen molar-refractivity contribution in [2.75, 3.05) is 13.1 Å². The van der Waals surface area contributed by atoms with Crippen LogP contribution in [0.1, 0.15) is 70.4 Å². The first-order valence-electron chi connectivity index (χ1n) is 23.3. The summed E-state index contributed by atoms with van der Waals surface area (Å²) in [5.74, 6) is -6.83. The van der Waals surface area contributed by atoms with Crippen LogP contribution in [0.3, 0.4) is 0 Å². The molecule has 0 radical (unpaired) electrons.